The predicted octanol–water partition coefficient (Wildman–Crippen LogP) is 1.78. The Morgan fingerprint density at radius 1 is 1.38 bits per heavy atom. The van der Waals surface area contributed by atoms with Crippen LogP contribution < -0.4 is 5.32 Å². The third kappa shape index (κ3) is 3.01. The Morgan fingerprint density at radius 2 is 2.12 bits per heavy atom. The standard InChI is InChI=1S/C11H20N2O2.ClH/c1-11(2)8-13(10(14)15-11)9-4-3-6-12-7-5-9;/h9,12H,3-8H2,1-2H3;1H. The number of hydrogen-bond acceptors (Lipinski definition) is 3. The van der Waals surface area contributed by atoms with Gasteiger partial charge in [-0.15, -0.1) is 12.4 Å². The molecular formula is C11H21ClN2O2. The van der Waals surface area contributed by atoms with E-state index in [9.17, 15) is 4.79 Å². The van der Waals surface area contributed by atoms with Crippen LogP contribution in [0.5, 0.6) is 0 Å². The topological polar surface area (TPSA) is 41.6 Å². The van der Waals surface area contributed by atoms with Crippen molar-refractivity contribution in [1.29, 1.82) is 0 Å². The second-order valence-corrected chi connectivity index (χ2v) is 5.09. The van der Waals surface area contributed by atoms with Crippen LogP contribution in [0.1, 0.15) is 33.1 Å². The van der Waals surface area contributed by atoms with Gasteiger partial charge in [0.15, 0.2) is 0 Å². The molecule has 0 aromatic carbocycles. The lowest BCUT2D eigenvalue weighted by molar-refractivity contribution is 0.0852. The number of carbonyl (C=O) groups is 1. The van der Waals surface area contributed by atoms with Crippen LogP contribution in [0.3, 0.4) is 0 Å². The second kappa shape index (κ2) is 5.23. The molecule has 5 heteroatoms. The number of cyclic esters (lactones) is 1. The highest BCUT2D eigenvalue weighted by Crippen LogP contribution is 2.26. The molecule has 2 saturated heterocycles. The maximum Gasteiger partial charge on any atom is 0.410 e. The van der Waals surface area contributed by atoms with Crippen LogP contribution in [-0.2, 0) is 4.74 Å². The zero-order chi connectivity index (χ0) is 10.9. The van der Waals surface area contributed by atoms with E-state index in [1.807, 2.05) is 18.7 Å². The monoisotopic (exact) mass is 248 g/mol. The average molecular weight is 249 g/mol. The van der Waals surface area contributed by atoms with Crippen molar-refractivity contribution in [3.8, 4) is 0 Å². The van der Waals surface area contributed by atoms with Crippen molar-refractivity contribution in [3.05, 3.63) is 0 Å². The molecule has 2 aliphatic rings. The fourth-order valence-corrected chi connectivity index (χ4v) is 2.39. The Kier molecular flexibility index (Phi) is 4.44. The van der Waals surface area contributed by atoms with E-state index >= 15 is 0 Å². The van der Waals surface area contributed by atoms with Crippen molar-refractivity contribution in [1.82, 2.24) is 10.2 Å². The number of nitrogens with zero attached hydrogens (tertiary/aromatic N) is 1. The van der Waals surface area contributed by atoms with Gasteiger partial charge >= 0.3 is 6.09 Å². The number of nitrogens with one attached hydrogen (secondary N) is 1. The number of rotatable bonds is 1. The van der Waals surface area contributed by atoms with Crippen molar-refractivity contribution in [2.45, 2.75) is 44.8 Å². The summed E-state index contributed by atoms with van der Waals surface area (Å²) in [6.45, 7) is 6.76. The zero-order valence-electron chi connectivity index (χ0n) is 9.99. The minimum Gasteiger partial charge on any atom is -0.441 e. The van der Waals surface area contributed by atoms with Gasteiger partial charge in [-0.05, 0) is 46.2 Å². The molecule has 0 radical (unpaired) electrons. The molecule has 0 bridgehead atoms. The van der Waals surface area contributed by atoms with Gasteiger partial charge in [0.05, 0.1) is 6.54 Å². The Bertz CT molecular complexity index is 250. The highest BCUT2D eigenvalue weighted by molar-refractivity contribution is 5.85. The first-order valence-electron chi connectivity index (χ1n) is 5.79. The summed E-state index contributed by atoms with van der Waals surface area (Å²) >= 11 is 0. The lowest BCUT2D eigenvalue weighted by Crippen LogP contribution is -2.38. The van der Waals surface area contributed by atoms with Crippen molar-refractivity contribution in [3.63, 3.8) is 0 Å². The second-order valence-electron chi connectivity index (χ2n) is 5.09. The molecule has 0 aromatic rings. The van der Waals surface area contributed by atoms with Gasteiger partial charge in [0, 0.05) is 6.04 Å². The fourth-order valence-electron chi connectivity index (χ4n) is 2.39. The van der Waals surface area contributed by atoms with Crippen molar-refractivity contribution in [2.24, 2.45) is 0 Å². The normalized spacial score (nSPS) is 29.2. The number of amides is 1. The zero-order valence-corrected chi connectivity index (χ0v) is 10.8. The van der Waals surface area contributed by atoms with Crippen LogP contribution in [0.2, 0.25) is 0 Å². The molecule has 0 saturated carbocycles. The minimum absolute atomic E-state index is 0. The summed E-state index contributed by atoms with van der Waals surface area (Å²) in [4.78, 5) is 13.6. The number of carbonyl (C=O) groups excluding carboxylic acids is 1. The molecule has 94 valence electrons. The Labute approximate surface area is 103 Å². The lowest BCUT2D eigenvalue weighted by Gasteiger charge is -2.24. The van der Waals surface area contributed by atoms with E-state index in [0.29, 0.717) is 6.04 Å². The molecular weight excluding hydrogens is 228 g/mol. The van der Waals surface area contributed by atoms with E-state index in [4.69, 9.17) is 4.74 Å². The van der Waals surface area contributed by atoms with E-state index in [-0.39, 0.29) is 24.1 Å². The highest BCUT2D eigenvalue weighted by Gasteiger charge is 2.40. The third-order valence-electron chi connectivity index (χ3n) is 3.14. The molecule has 1 unspecified atom stereocenters. The van der Waals surface area contributed by atoms with Crippen molar-refractivity contribution < 1.29 is 9.53 Å². The summed E-state index contributed by atoms with van der Waals surface area (Å²) in [7, 11) is 0. The van der Waals surface area contributed by atoms with Gasteiger partial charge in [-0.25, -0.2) is 4.79 Å². The fraction of sp³-hybridized carbons (Fsp3) is 0.909. The molecule has 1 N–H and O–H groups in total. The summed E-state index contributed by atoms with van der Waals surface area (Å²) in [6.07, 6.45) is 3.16. The summed E-state index contributed by atoms with van der Waals surface area (Å²) in [5, 5.41) is 3.36. The van der Waals surface area contributed by atoms with Gasteiger partial charge in [0.1, 0.15) is 5.60 Å². The molecule has 0 spiro atoms. The maximum absolute atomic E-state index is 11.7. The molecule has 2 fully saturated rings. The largest absolute Gasteiger partial charge is 0.441 e. The molecule has 0 aromatic heterocycles. The van der Waals surface area contributed by atoms with Crippen LogP contribution in [-0.4, -0.2) is 42.3 Å². The maximum atomic E-state index is 11.7. The summed E-state index contributed by atoms with van der Waals surface area (Å²) in [6, 6.07) is 0.370. The van der Waals surface area contributed by atoms with Crippen LogP contribution in [0.15, 0.2) is 0 Å². The van der Waals surface area contributed by atoms with E-state index < -0.39 is 0 Å². The van der Waals surface area contributed by atoms with Gasteiger partial charge in [0.25, 0.3) is 0 Å². The van der Waals surface area contributed by atoms with E-state index in [0.717, 1.165) is 38.9 Å². The van der Waals surface area contributed by atoms with Crippen LogP contribution in [0.4, 0.5) is 4.79 Å². The quantitative estimate of drug-likeness (QED) is 0.769. The first-order chi connectivity index (χ1) is 7.08. The van der Waals surface area contributed by atoms with E-state index in [1.54, 1.807) is 0 Å². The SMILES string of the molecule is CC1(C)CN(C2CCCNCC2)C(=O)O1.Cl. The van der Waals surface area contributed by atoms with Gasteiger partial charge < -0.3 is 15.0 Å². The molecule has 1 amide bonds. The molecule has 2 aliphatic heterocycles. The molecule has 2 heterocycles. The molecule has 4 nitrogen and oxygen atoms in total. The number of halogens is 1. The summed E-state index contributed by atoms with van der Waals surface area (Å²) < 4.78 is 5.32. The molecule has 1 atom stereocenters. The Hall–Kier alpha value is -0.480. The summed E-state index contributed by atoms with van der Waals surface area (Å²) in [5.74, 6) is 0. The lowest BCUT2D eigenvalue weighted by atomic mass is 10.1. The first kappa shape index (κ1) is 13.6. The number of ether oxygens (including phenoxy) is 1. The van der Waals surface area contributed by atoms with Gasteiger partial charge in [0.2, 0.25) is 0 Å². The summed E-state index contributed by atoms with van der Waals surface area (Å²) in [5.41, 5.74) is -0.309. The van der Waals surface area contributed by atoms with Crippen LogP contribution in [0, 0.1) is 0 Å². The third-order valence-corrected chi connectivity index (χ3v) is 3.14. The number of hydrogen-bond donors (Lipinski definition) is 1. The predicted molar refractivity (Wildman–Crippen MR) is 65.0 cm³/mol. The first-order valence-corrected chi connectivity index (χ1v) is 5.79. The molecule has 2 rings (SSSR count). The van der Waals surface area contributed by atoms with E-state index in [1.165, 1.54) is 0 Å². The van der Waals surface area contributed by atoms with Gasteiger partial charge in [-0.1, -0.05) is 0 Å². The minimum atomic E-state index is -0.309. The molecule has 0 aliphatic carbocycles. The van der Waals surface area contributed by atoms with Crippen molar-refractivity contribution in [2.75, 3.05) is 19.6 Å². The smallest absolute Gasteiger partial charge is 0.410 e. The van der Waals surface area contributed by atoms with Crippen LogP contribution >= 0.6 is 12.4 Å². The average Bonchev–Trinajstić information content (AvgIpc) is 2.41. The Morgan fingerprint density at radius 3 is 2.75 bits per heavy atom. The van der Waals surface area contributed by atoms with Gasteiger partial charge in [-0.2, -0.15) is 0 Å². The molecule has 16 heavy (non-hydrogen) atoms. The van der Waals surface area contributed by atoms with Crippen LogP contribution in [0.25, 0.3) is 0 Å². The Balaban J connectivity index is 0.00000128. The van der Waals surface area contributed by atoms with Gasteiger partial charge in [-0.3, -0.25) is 0 Å². The van der Waals surface area contributed by atoms with Crippen molar-refractivity contribution >= 4 is 18.5 Å². The van der Waals surface area contributed by atoms with E-state index in [2.05, 4.69) is 5.32 Å². The highest BCUT2D eigenvalue weighted by atomic mass is 35.5.